The van der Waals surface area contributed by atoms with Crippen LogP contribution in [-0.2, 0) is 19.8 Å². The molecule has 3 atom stereocenters. The van der Waals surface area contributed by atoms with Gasteiger partial charge in [0.25, 0.3) is 0 Å². The first-order chi connectivity index (χ1) is 15.7. The van der Waals surface area contributed by atoms with Crippen molar-refractivity contribution in [1.29, 1.82) is 0 Å². The minimum Gasteiger partial charge on any atom is -0.389 e. The molecule has 1 fully saturated rings. The predicted molar refractivity (Wildman–Crippen MR) is 124 cm³/mol. The fourth-order valence-electron chi connectivity index (χ4n) is 4.61. The highest BCUT2D eigenvalue weighted by Gasteiger charge is 2.44. The second kappa shape index (κ2) is 10.4. The zero-order chi connectivity index (χ0) is 22.4. The van der Waals surface area contributed by atoms with Crippen molar-refractivity contribution >= 4 is 0 Å². The highest BCUT2D eigenvalue weighted by molar-refractivity contribution is 5.47. The molecule has 1 aliphatic rings. The van der Waals surface area contributed by atoms with Crippen molar-refractivity contribution in [3.8, 4) is 0 Å². The lowest BCUT2D eigenvalue weighted by molar-refractivity contribution is -0.121. The normalized spacial score (nSPS) is 21.7. The van der Waals surface area contributed by atoms with Crippen LogP contribution >= 0.6 is 0 Å². The van der Waals surface area contributed by atoms with Crippen LogP contribution in [0.3, 0.4) is 0 Å². The molecule has 1 aliphatic heterocycles. The van der Waals surface area contributed by atoms with Gasteiger partial charge in [-0.15, -0.1) is 0 Å². The number of likely N-dealkylation sites (tertiary alicyclic amines) is 1. The Morgan fingerprint density at radius 1 is 0.844 bits per heavy atom. The van der Waals surface area contributed by atoms with Crippen LogP contribution in [-0.4, -0.2) is 62.4 Å². The number of benzene rings is 3. The average Bonchev–Trinajstić information content (AvgIpc) is 3.12. The molecule has 4 rings (SSSR count). The number of rotatable bonds is 9. The third kappa shape index (κ3) is 4.49. The molecular formula is C27H31NO4. The van der Waals surface area contributed by atoms with Crippen LogP contribution in [0, 0.1) is 0 Å². The van der Waals surface area contributed by atoms with E-state index in [1.54, 1.807) is 7.11 Å². The van der Waals surface area contributed by atoms with Crippen molar-refractivity contribution in [2.24, 2.45) is 0 Å². The maximum absolute atomic E-state index is 10.6. The Morgan fingerprint density at radius 2 is 1.31 bits per heavy atom. The number of nitrogens with zero attached hydrogens (tertiary/aromatic N) is 1. The van der Waals surface area contributed by atoms with Crippen LogP contribution in [0.25, 0.3) is 0 Å². The summed E-state index contributed by atoms with van der Waals surface area (Å²) in [5.41, 5.74) is 2.35. The summed E-state index contributed by atoms with van der Waals surface area (Å²) in [6, 6.07) is 30.8. The van der Waals surface area contributed by atoms with E-state index in [9.17, 15) is 5.11 Å². The predicted octanol–water partition coefficient (Wildman–Crippen LogP) is 3.66. The topological polar surface area (TPSA) is 51.2 Å². The summed E-state index contributed by atoms with van der Waals surface area (Å²) in [7, 11) is 3.57. The van der Waals surface area contributed by atoms with Gasteiger partial charge in [0.05, 0.1) is 18.8 Å². The maximum atomic E-state index is 10.6. The van der Waals surface area contributed by atoms with Crippen molar-refractivity contribution in [2.75, 3.05) is 34.1 Å². The molecule has 0 aliphatic carbocycles. The molecule has 0 radical (unpaired) electrons. The SMILES string of the molecule is COCO[C@H]1[C@@H](O)CN(C)[C@H]1COC(c1ccccc1)(c1ccccc1)c1ccccc1. The fourth-order valence-corrected chi connectivity index (χ4v) is 4.61. The highest BCUT2D eigenvalue weighted by atomic mass is 16.7. The molecule has 0 amide bonds. The zero-order valence-electron chi connectivity index (χ0n) is 18.6. The summed E-state index contributed by atoms with van der Waals surface area (Å²) in [6.45, 7) is 1.03. The number of aliphatic hydroxyl groups excluding tert-OH is 1. The quantitative estimate of drug-likeness (QED) is 0.412. The number of likely N-dealkylation sites (N-methyl/N-ethyl adjacent to an activating group) is 1. The van der Waals surface area contributed by atoms with Gasteiger partial charge in [0, 0.05) is 13.7 Å². The number of hydrogen-bond acceptors (Lipinski definition) is 5. The molecule has 168 valence electrons. The van der Waals surface area contributed by atoms with Crippen LogP contribution in [0.5, 0.6) is 0 Å². The molecule has 5 heteroatoms. The van der Waals surface area contributed by atoms with Crippen molar-refractivity contribution in [3.63, 3.8) is 0 Å². The van der Waals surface area contributed by atoms with Crippen molar-refractivity contribution in [1.82, 2.24) is 4.90 Å². The van der Waals surface area contributed by atoms with Crippen LogP contribution < -0.4 is 0 Å². The van der Waals surface area contributed by atoms with Gasteiger partial charge in [-0.25, -0.2) is 0 Å². The van der Waals surface area contributed by atoms with Crippen molar-refractivity contribution in [2.45, 2.75) is 23.9 Å². The van der Waals surface area contributed by atoms with Crippen molar-refractivity contribution < 1.29 is 19.3 Å². The Balaban J connectivity index is 1.76. The Kier molecular flexibility index (Phi) is 7.35. The van der Waals surface area contributed by atoms with Gasteiger partial charge in [-0.3, -0.25) is 4.90 Å². The molecule has 0 spiro atoms. The van der Waals surface area contributed by atoms with Gasteiger partial charge in [-0.2, -0.15) is 0 Å². The molecule has 0 aromatic heterocycles. The Bertz CT molecular complexity index is 855. The Labute approximate surface area is 190 Å². The molecular weight excluding hydrogens is 402 g/mol. The number of β-amino-alcohol motifs (C(OH)–C–C–N with tert-alkyl or cyclic N) is 1. The van der Waals surface area contributed by atoms with Gasteiger partial charge in [0.1, 0.15) is 18.5 Å². The lowest BCUT2D eigenvalue weighted by Gasteiger charge is -2.38. The van der Waals surface area contributed by atoms with E-state index in [-0.39, 0.29) is 18.9 Å². The molecule has 3 aromatic rings. The molecule has 5 nitrogen and oxygen atoms in total. The Hall–Kier alpha value is -2.54. The van der Waals surface area contributed by atoms with Gasteiger partial charge < -0.3 is 19.3 Å². The molecule has 0 saturated carbocycles. The van der Waals surface area contributed by atoms with E-state index in [1.165, 1.54) is 0 Å². The average molecular weight is 434 g/mol. The number of ether oxygens (including phenoxy) is 3. The first kappa shape index (κ1) is 22.6. The van der Waals surface area contributed by atoms with E-state index in [4.69, 9.17) is 14.2 Å². The summed E-state index contributed by atoms with van der Waals surface area (Å²) in [6.07, 6.45) is -0.983. The van der Waals surface area contributed by atoms with Crippen LogP contribution in [0.15, 0.2) is 91.0 Å². The lowest BCUT2D eigenvalue weighted by Crippen LogP contribution is -2.44. The standard InChI is InChI=1S/C27H31NO4/c1-28-18-25(29)26(31-20-30-2)24(28)19-32-27(21-12-6-3-7-13-21,22-14-8-4-9-15-22)23-16-10-5-11-17-23/h3-17,24-26,29H,18-20H2,1-2H3/t24-,25-,26+/m0/s1. The smallest absolute Gasteiger partial charge is 0.146 e. The largest absolute Gasteiger partial charge is 0.389 e. The summed E-state index contributed by atoms with van der Waals surface area (Å²) in [4.78, 5) is 2.09. The molecule has 0 unspecified atom stereocenters. The summed E-state index contributed by atoms with van der Waals surface area (Å²) >= 11 is 0. The summed E-state index contributed by atoms with van der Waals surface area (Å²) in [5, 5.41) is 10.6. The van der Waals surface area contributed by atoms with Crippen LogP contribution in [0.4, 0.5) is 0 Å². The third-order valence-electron chi connectivity index (χ3n) is 6.19. The molecule has 32 heavy (non-hydrogen) atoms. The first-order valence-corrected chi connectivity index (χ1v) is 11.0. The zero-order valence-corrected chi connectivity index (χ0v) is 18.6. The third-order valence-corrected chi connectivity index (χ3v) is 6.19. The summed E-state index contributed by atoms with van der Waals surface area (Å²) < 4.78 is 17.9. The molecule has 0 bridgehead atoms. The van der Waals surface area contributed by atoms with Gasteiger partial charge in [0.15, 0.2) is 0 Å². The molecule has 3 aromatic carbocycles. The minimum absolute atomic E-state index is 0.115. The number of hydrogen-bond donors (Lipinski definition) is 1. The van der Waals surface area contributed by atoms with E-state index >= 15 is 0 Å². The highest BCUT2D eigenvalue weighted by Crippen LogP contribution is 2.41. The van der Waals surface area contributed by atoms with Gasteiger partial charge in [-0.1, -0.05) is 91.0 Å². The maximum Gasteiger partial charge on any atom is 0.146 e. The monoisotopic (exact) mass is 433 g/mol. The number of methoxy groups -OCH3 is 1. The van der Waals surface area contributed by atoms with Gasteiger partial charge in [0.2, 0.25) is 0 Å². The minimum atomic E-state index is -0.802. The van der Waals surface area contributed by atoms with E-state index in [0.717, 1.165) is 16.7 Å². The van der Waals surface area contributed by atoms with Crippen LogP contribution in [0.2, 0.25) is 0 Å². The van der Waals surface area contributed by atoms with Crippen molar-refractivity contribution in [3.05, 3.63) is 108 Å². The lowest BCUT2D eigenvalue weighted by atomic mass is 9.80. The Morgan fingerprint density at radius 3 is 1.75 bits per heavy atom. The van der Waals surface area contributed by atoms with Gasteiger partial charge >= 0.3 is 0 Å². The molecule has 1 saturated heterocycles. The summed E-state index contributed by atoms with van der Waals surface area (Å²) in [5.74, 6) is 0. The van der Waals surface area contributed by atoms with E-state index in [0.29, 0.717) is 13.2 Å². The molecule has 1 heterocycles. The van der Waals surface area contributed by atoms with E-state index in [2.05, 4.69) is 41.3 Å². The fraction of sp³-hybridized carbons (Fsp3) is 0.333. The first-order valence-electron chi connectivity index (χ1n) is 11.0. The second-order valence-electron chi connectivity index (χ2n) is 8.20. The second-order valence-corrected chi connectivity index (χ2v) is 8.20. The van der Waals surface area contributed by atoms with E-state index < -0.39 is 11.7 Å². The van der Waals surface area contributed by atoms with Gasteiger partial charge in [-0.05, 0) is 23.7 Å². The van der Waals surface area contributed by atoms with E-state index in [1.807, 2.05) is 61.6 Å². The van der Waals surface area contributed by atoms with Crippen LogP contribution in [0.1, 0.15) is 16.7 Å². The number of aliphatic hydroxyl groups is 1. The molecule has 1 N–H and O–H groups in total.